The summed E-state index contributed by atoms with van der Waals surface area (Å²) in [7, 11) is 0. The first-order chi connectivity index (χ1) is 19.7. The molecule has 6 aromatic rings. The third kappa shape index (κ3) is 4.44. The number of nitrogens with zero attached hydrogens (tertiary/aromatic N) is 1. The molecule has 2 nitrogen and oxygen atoms in total. The van der Waals surface area contributed by atoms with Crippen molar-refractivity contribution in [1.82, 2.24) is 0 Å². The van der Waals surface area contributed by atoms with Gasteiger partial charge in [0.15, 0.2) is 5.75 Å². The van der Waals surface area contributed by atoms with Crippen molar-refractivity contribution in [3.8, 4) is 39.1 Å². The normalized spacial score (nSPS) is 15.8. The molecule has 6 aromatic carbocycles. The molecule has 0 aliphatic carbocycles. The number of hydrogen-bond donors (Lipinski definition) is 0. The zero-order valence-corrected chi connectivity index (χ0v) is 23.4. The number of hydrogen-bond acceptors (Lipinski definition) is 2. The Hall–Kier alpha value is -4.43. The van der Waals surface area contributed by atoms with Crippen molar-refractivity contribution < 1.29 is 4.52 Å². The van der Waals surface area contributed by atoms with Crippen molar-refractivity contribution >= 4 is 34.9 Å². The van der Waals surface area contributed by atoms with Gasteiger partial charge in [-0.15, -0.1) is 0 Å². The van der Waals surface area contributed by atoms with E-state index in [2.05, 4.69) is 132 Å². The molecule has 0 bridgehead atoms. The fourth-order valence-corrected chi connectivity index (χ4v) is 8.73. The molecule has 40 heavy (non-hydrogen) atoms. The van der Waals surface area contributed by atoms with E-state index in [-0.39, 0.29) is 0 Å². The summed E-state index contributed by atoms with van der Waals surface area (Å²) in [5, 5.41) is 1.02. The first-order valence-corrected chi connectivity index (χ1v) is 16.0. The summed E-state index contributed by atoms with van der Waals surface area (Å²) in [6.07, 6.45) is -2.78. The van der Waals surface area contributed by atoms with Crippen molar-refractivity contribution in [2.75, 3.05) is 4.67 Å². The monoisotopic (exact) mass is 551 g/mol. The molecule has 0 saturated heterocycles. The van der Waals surface area contributed by atoms with Crippen LogP contribution in [-0.2, 0) is 11.8 Å². The van der Waals surface area contributed by atoms with E-state index in [0.717, 1.165) is 50.2 Å². The number of anilines is 2. The molecule has 0 fully saturated rings. The van der Waals surface area contributed by atoms with Crippen LogP contribution in [0.2, 0.25) is 0 Å². The lowest BCUT2D eigenvalue weighted by Crippen LogP contribution is -2.20. The van der Waals surface area contributed by atoms with Crippen molar-refractivity contribution in [1.29, 1.82) is 0 Å². The molecule has 4 heteroatoms. The van der Waals surface area contributed by atoms with Gasteiger partial charge in [-0.2, -0.15) is 0 Å². The van der Waals surface area contributed by atoms with Gasteiger partial charge in [-0.25, -0.2) is 0 Å². The number of benzene rings is 6. The van der Waals surface area contributed by atoms with E-state index in [1.165, 1.54) is 5.56 Å². The molecule has 0 aromatic heterocycles. The second kappa shape index (κ2) is 10.3. The quantitative estimate of drug-likeness (QED) is 0.198. The topological polar surface area (TPSA) is 12.5 Å². The molecule has 1 heterocycles. The molecule has 0 saturated carbocycles. The number of rotatable bonds is 5. The van der Waals surface area contributed by atoms with Gasteiger partial charge in [-0.3, -0.25) is 4.67 Å². The van der Waals surface area contributed by atoms with E-state index < -0.39 is 6.42 Å². The average molecular weight is 552 g/mol. The van der Waals surface area contributed by atoms with E-state index in [1.54, 1.807) is 0 Å². The molecule has 1 unspecified atom stereocenters. The summed E-state index contributed by atoms with van der Waals surface area (Å²) in [4.78, 5) is 0. The van der Waals surface area contributed by atoms with Gasteiger partial charge >= 0.3 is 0 Å². The van der Waals surface area contributed by atoms with E-state index in [0.29, 0.717) is 0 Å². The minimum Gasteiger partial charge on any atom is -0.442 e. The Labute approximate surface area is 240 Å². The summed E-state index contributed by atoms with van der Waals surface area (Å²) in [6, 6.07) is 55.0. The molecule has 0 radical (unpaired) electrons. The Morgan fingerprint density at radius 3 is 1.55 bits per heavy atom. The third-order valence-corrected chi connectivity index (χ3v) is 10.9. The molecular weight excluding hydrogens is 525 g/mol. The van der Waals surface area contributed by atoms with Crippen LogP contribution in [0.3, 0.4) is 0 Å². The van der Waals surface area contributed by atoms with Crippen molar-refractivity contribution in [3.63, 3.8) is 0 Å². The van der Waals surface area contributed by atoms with Crippen LogP contribution in [-0.4, -0.2) is 0 Å². The van der Waals surface area contributed by atoms with Gasteiger partial charge in [-0.1, -0.05) is 115 Å². The fourth-order valence-electron chi connectivity index (χ4n) is 5.30. The lowest BCUT2D eigenvalue weighted by Gasteiger charge is -2.30. The first kappa shape index (κ1) is 24.6. The van der Waals surface area contributed by atoms with Crippen LogP contribution < -0.4 is 14.5 Å². The fraction of sp³-hybridized carbons (Fsp3) is 0. The smallest absolute Gasteiger partial charge is 0.239 e. The number of fused-ring (bicyclic) bond motifs is 1. The van der Waals surface area contributed by atoms with E-state index in [1.807, 2.05) is 30.3 Å². The molecular formula is C36H26NOPS. The lowest BCUT2D eigenvalue weighted by molar-refractivity contribution is 0.640. The third-order valence-electron chi connectivity index (χ3n) is 7.23. The van der Waals surface area contributed by atoms with Crippen LogP contribution in [0, 0.1) is 0 Å². The van der Waals surface area contributed by atoms with Crippen LogP contribution in [0.15, 0.2) is 158 Å². The minimum atomic E-state index is -2.78. The standard InChI is InChI=1S/C36H26NOPS/c40-39(34-25-31(28-15-6-2-7-16-28)23-32(26-34)29-17-8-3-9-18-29)37(35-21-10-11-22-36(35)38-39)33-20-12-19-30(24-33)27-13-4-1-5-14-27/h1-26H. The van der Waals surface area contributed by atoms with Gasteiger partial charge in [0.05, 0.1) is 5.69 Å². The van der Waals surface area contributed by atoms with Crippen molar-refractivity contribution in [2.45, 2.75) is 0 Å². The summed E-state index contributed by atoms with van der Waals surface area (Å²) < 4.78 is 9.09. The molecule has 192 valence electrons. The second-order valence-electron chi connectivity index (χ2n) is 9.81. The highest BCUT2D eigenvalue weighted by Gasteiger charge is 2.40. The molecule has 1 aliphatic rings. The predicted molar refractivity (Wildman–Crippen MR) is 172 cm³/mol. The van der Waals surface area contributed by atoms with Gasteiger partial charge < -0.3 is 4.52 Å². The van der Waals surface area contributed by atoms with Gasteiger partial charge in [-0.05, 0) is 87.7 Å². The maximum Gasteiger partial charge on any atom is 0.239 e. The van der Waals surface area contributed by atoms with Crippen LogP contribution >= 0.6 is 6.42 Å². The van der Waals surface area contributed by atoms with E-state index >= 15 is 0 Å². The Bertz CT molecular complexity index is 1800. The summed E-state index contributed by atoms with van der Waals surface area (Å²) >= 11 is 6.64. The number of para-hydroxylation sites is 2. The van der Waals surface area contributed by atoms with Crippen molar-refractivity contribution in [2.24, 2.45) is 0 Å². The average Bonchev–Trinajstić information content (AvgIpc) is 3.35. The molecule has 7 rings (SSSR count). The lowest BCUT2D eigenvalue weighted by atomic mass is 9.99. The van der Waals surface area contributed by atoms with Gasteiger partial charge in [0.25, 0.3) is 0 Å². The summed E-state index contributed by atoms with van der Waals surface area (Å²) in [6.45, 7) is 0. The van der Waals surface area contributed by atoms with Crippen LogP contribution in [0.1, 0.15) is 0 Å². The molecule has 1 atom stereocenters. The van der Waals surface area contributed by atoms with Gasteiger partial charge in [0, 0.05) is 11.0 Å². The molecule has 0 amide bonds. The van der Waals surface area contributed by atoms with Crippen LogP contribution in [0.4, 0.5) is 11.4 Å². The largest absolute Gasteiger partial charge is 0.442 e. The predicted octanol–water partition coefficient (Wildman–Crippen LogP) is 9.85. The maximum absolute atomic E-state index is 6.83. The highest BCUT2D eigenvalue weighted by Crippen LogP contribution is 2.65. The SMILES string of the molecule is S=P1(c2cc(-c3ccccc3)cc(-c3ccccc3)c2)Oc2ccccc2N1c1cccc(-c2ccccc2)c1. The summed E-state index contributed by atoms with van der Waals surface area (Å²) in [5.41, 5.74) is 8.89. The highest BCUT2D eigenvalue weighted by molar-refractivity contribution is 8.17. The van der Waals surface area contributed by atoms with Gasteiger partial charge in [0.1, 0.15) is 0 Å². The minimum absolute atomic E-state index is 0.822. The van der Waals surface area contributed by atoms with E-state index in [9.17, 15) is 0 Å². The highest BCUT2D eigenvalue weighted by atomic mass is 32.4. The van der Waals surface area contributed by atoms with Gasteiger partial charge in [0.2, 0.25) is 6.42 Å². The molecule has 0 N–H and O–H groups in total. The second-order valence-corrected chi connectivity index (χ2v) is 13.4. The van der Waals surface area contributed by atoms with E-state index in [4.69, 9.17) is 16.3 Å². The molecule has 1 aliphatic heterocycles. The first-order valence-electron chi connectivity index (χ1n) is 13.3. The Balaban J connectivity index is 1.44. The summed E-state index contributed by atoms with van der Waals surface area (Å²) in [5.74, 6) is 0.822. The Morgan fingerprint density at radius 2 is 0.950 bits per heavy atom. The van der Waals surface area contributed by atoms with Crippen LogP contribution in [0.25, 0.3) is 33.4 Å². The van der Waals surface area contributed by atoms with Crippen LogP contribution in [0.5, 0.6) is 5.75 Å². The van der Waals surface area contributed by atoms with Crippen molar-refractivity contribution in [3.05, 3.63) is 158 Å². The Morgan fingerprint density at radius 1 is 0.450 bits per heavy atom. The zero-order chi connectivity index (χ0) is 26.9. The zero-order valence-electron chi connectivity index (χ0n) is 21.7. The Kier molecular flexibility index (Phi) is 6.32. The molecule has 0 spiro atoms. The maximum atomic E-state index is 6.83.